The number of hydrazine groups is 1. The number of para-hydroxylation sites is 1. The Balaban J connectivity index is 2.44. The first-order valence-electron chi connectivity index (χ1n) is 6.80. The van der Waals surface area contributed by atoms with Gasteiger partial charge in [0.2, 0.25) is 0 Å². The summed E-state index contributed by atoms with van der Waals surface area (Å²) in [4.78, 5) is 0. The highest BCUT2D eigenvalue weighted by molar-refractivity contribution is 9.10. The molecule has 3 N–H and O–H groups in total. The second kappa shape index (κ2) is 7.54. The number of hydrogen-bond acceptors (Lipinski definition) is 3. The van der Waals surface area contributed by atoms with Crippen molar-refractivity contribution in [3.05, 3.63) is 63.9 Å². The van der Waals surface area contributed by atoms with Crippen molar-refractivity contribution < 1.29 is 9.13 Å². The van der Waals surface area contributed by atoms with E-state index in [1.165, 1.54) is 0 Å². The van der Waals surface area contributed by atoms with Crippen LogP contribution in [0.5, 0.6) is 5.75 Å². The van der Waals surface area contributed by atoms with Crippen molar-refractivity contribution in [2.75, 3.05) is 6.61 Å². The fourth-order valence-corrected chi connectivity index (χ4v) is 2.53. The summed E-state index contributed by atoms with van der Waals surface area (Å²) in [6.07, 6.45) is 0.903. The van der Waals surface area contributed by atoms with Crippen molar-refractivity contribution in [3.8, 4) is 5.75 Å². The van der Waals surface area contributed by atoms with Crippen LogP contribution in [0.4, 0.5) is 4.39 Å². The Bertz CT molecular complexity index is 607. The SMILES string of the molecule is CCCOc1ccccc1C(NN)c1cccc(Br)c1F. The molecule has 0 aromatic heterocycles. The Kier molecular flexibility index (Phi) is 5.73. The monoisotopic (exact) mass is 352 g/mol. The largest absolute Gasteiger partial charge is 0.493 e. The molecule has 0 aliphatic carbocycles. The molecular formula is C16H18BrFN2O. The number of ether oxygens (including phenoxy) is 1. The van der Waals surface area contributed by atoms with Crippen LogP contribution in [-0.4, -0.2) is 6.61 Å². The molecule has 0 aliphatic heterocycles. The van der Waals surface area contributed by atoms with Crippen LogP contribution >= 0.6 is 15.9 Å². The van der Waals surface area contributed by atoms with E-state index >= 15 is 0 Å². The molecule has 112 valence electrons. The van der Waals surface area contributed by atoms with E-state index in [1.807, 2.05) is 31.2 Å². The molecule has 0 saturated carbocycles. The summed E-state index contributed by atoms with van der Waals surface area (Å²) in [5, 5.41) is 0. The van der Waals surface area contributed by atoms with Gasteiger partial charge in [0, 0.05) is 11.1 Å². The van der Waals surface area contributed by atoms with Crippen molar-refractivity contribution in [3.63, 3.8) is 0 Å². The molecule has 21 heavy (non-hydrogen) atoms. The van der Waals surface area contributed by atoms with Gasteiger partial charge in [-0.25, -0.2) is 9.82 Å². The average molecular weight is 353 g/mol. The molecule has 0 fully saturated rings. The van der Waals surface area contributed by atoms with Crippen LogP contribution in [0.25, 0.3) is 0 Å². The summed E-state index contributed by atoms with van der Waals surface area (Å²) >= 11 is 3.20. The normalized spacial score (nSPS) is 12.2. The summed E-state index contributed by atoms with van der Waals surface area (Å²) in [5.41, 5.74) is 3.96. The van der Waals surface area contributed by atoms with Crippen LogP contribution in [0.2, 0.25) is 0 Å². The smallest absolute Gasteiger partial charge is 0.142 e. The fraction of sp³-hybridized carbons (Fsp3) is 0.250. The molecule has 0 bridgehead atoms. The van der Waals surface area contributed by atoms with E-state index in [9.17, 15) is 4.39 Å². The second-order valence-electron chi connectivity index (χ2n) is 4.63. The first kappa shape index (κ1) is 15.9. The highest BCUT2D eigenvalue weighted by Crippen LogP contribution is 2.32. The van der Waals surface area contributed by atoms with E-state index in [-0.39, 0.29) is 5.82 Å². The van der Waals surface area contributed by atoms with Gasteiger partial charge < -0.3 is 4.74 Å². The van der Waals surface area contributed by atoms with Crippen molar-refractivity contribution in [1.82, 2.24) is 5.43 Å². The lowest BCUT2D eigenvalue weighted by atomic mass is 9.98. The Morgan fingerprint density at radius 2 is 1.90 bits per heavy atom. The molecule has 2 aromatic rings. The first-order chi connectivity index (χ1) is 10.2. The van der Waals surface area contributed by atoms with Gasteiger partial charge in [-0.2, -0.15) is 0 Å². The molecule has 0 radical (unpaired) electrons. The number of halogens is 2. The van der Waals surface area contributed by atoms with Gasteiger partial charge in [0.15, 0.2) is 0 Å². The lowest BCUT2D eigenvalue weighted by Crippen LogP contribution is -2.30. The summed E-state index contributed by atoms with van der Waals surface area (Å²) in [6, 6.07) is 12.2. The van der Waals surface area contributed by atoms with Crippen molar-refractivity contribution in [1.29, 1.82) is 0 Å². The highest BCUT2D eigenvalue weighted by atomic mass is 79.9. The van der Waals surface area contributed by atoms with Gasteiger partial charge in [-0.05, 0) is 34.5 Å². The summed E-state index contributed by atoms with van der Waals surface area (Å²) in [6.45, 7) is 2.64. The molecule has 5 heteroatoms. The summed E-state index contributed by atoms with van der Waals surface area (Å²) < 4.78 is 20.5. The molecule has 3 nitrogen and oxygen atoms in total. The van der Waals surface area contributed by atoms with Crippen LogP contribution in [0.15, 0.2) is 46.9 Å². The van der Waals surface area contributed by atoms with Crippen LogP contribution in [0.1, 0.15) is 30.5 Å². The molecule has 1 unspecified atom stereocenters. The molecule has 0 spiro atoms. The zero-order chi connectivity index (χ0) is 15.2. The number of rotatable bonds is 6. The maximum absolute atomic E-state index is 14.3. The minimum atomic E-state index is -0.476. The number of nitrogens with two attached hydrogens (primary N) is 1. The van der Waals surface area contributed by atoms with Gasteiger partial charge in [-0.15, -0.1) is 0 Å². The molecule has 1 atom stereocenters. The first-order valence-corrected chi connectivity index (χ1v) is 7.60. The lowest BCUT2D eigenvalue weighted by Gasteiger charge is -2.21. The third-order valence-corrected chi connectivity index (χ3v) is 3.76. The molecule has 0 amide bonds. The van der Waals surface area contributed by atoms with Crippen LogP contribution in [0, 0.1) is 5.82 Å². The van der Waals surface area contributed by atoms with Gasteiger partial charge in [0.1, 0.15) is 11.6 Å². The van der Waals surface area contributed by atoms with Crippen molar-refractivity contribution >= 4 is 15.9 Å². The Labute approximate surface area is 132 Å². The van der Waals surface area contributed by atoms with Crippen LogP contribution < -0.4 is 16.0 Å². The predicted molar refractivity (Wildman–Crippen MR) is 85.5 cm³/mol. The van der Waals surface area contributed by atoms with Crippen molar-refractivity contribution in [2.24, 2.45) is 5.84 Å². The maximum atomic E-state index is 14.3. The highest BCUT2D eigenvalue weighted by Gasteiger charge is 2.21. The van der Waals surface area contributed by atoms with E-state index in [4.69, 9.17) is 10.6 Å². The van der Waals surface area contributed by atoms with E-state index in [0.717, 1.165) is 12.0 Å². The molecular weight excluding hydrogens is 335 g/mol. The van der Waals surface area contributed by atoms with Gasteiger partial charge in [-0.1, -0.05) is 37.3 Å². The molecule has 2 rings (SSSR count). The fourth-order valence-electron chi connectivity index (χ4n) is 2.15. The zero-order valence-electron chi connectivity index (χ0n) is 11.8. The predicted octanol–water partition coefficient (Wildman–Crippen LogP) is 3.93. The minimum Gasteiger partial charge on any atom is -0.493 e. The summed E-state index contributed by atoms with van der Waals surface area (Å²) in [7, 11) is 0. The van der Waals surface area contributed by atoms with E-state index in [1.54, 1.807) is 18.2 Å². The lowest BCUT2D eigenvalue weighted by molar-refractivity contribution is 0.311. The van der Waals surface area contributed by atoms with Gasteiger partial charge in [0.25, 0.3) is 0 Å². The van der Waals surface area contributed by atoms with Gasteiger partial charge >= 0.3 is 0 Å². The van der Waals surface area contributed by atoms with E-state index in [0.29, 0.717) is 22.4 Å². The number of nitrogens with one attached hydrogen (secondary N) is 1. The van der Waals surface area contributed by atoms with Crippen molar-refractivity contribution in [2.45, 2.75) is 19.4 Å². The quantitative estimate of drug-likeness (QED) is 0.611. The topological polar surface area (TPSA) is 47.3 Å². The second-order valence-corrected chi connectivity index (χ2v) is 5.48. The molecule has 0 aliphatic rings. The average Bonchev–Trinajstić information content (AvgIpc) is 2.51. The Morgan fingerprint density at radius 1 is 1.19 bits per heavy atom. The van der Waals surface area contributed by atoms with Gasteiger partial charge in [0.05, 0.1) is 17.1 Å². The minimum absolute atomic E-state index is 0.328. The number of benzene rings is 2. The van der Waals surface area contributed by atoms with E-state index in [2.05, 4.69) is 21.4 Å². The summed E-state index contributed by atoms with van der Waals surface area (Å²) in [5.74, 6) is 6.05. The van der Waals surface area contributed by atoms with Gasteiger partial charge in [-0.3, -0.25) is 5.84 Å². The van der Waals surface area contributed by atoms with Crippen LogP contribution in [-0.2, 0) is 0 Å². The zero-order valence-corrected chi connectivity index (χ0v) is 13.4. The van der Waals surface area contributed by atoms with Crippen LogP contribution in [0.3, 0.4) is 0 Å². The Morgan fingerprint density at radius 3 is 2.62 bits per heavy atom. The third kappa shape index (κ3) is 3.61. The maximum Gasteiger partial charge on any atom is 0.142 e. The Hall–Kier alpha value is -1.43. The number of hydrogen-bond donors (Lipinski definition) is 2. The van der Waals surface area contributed by atoms with E-state index < -0.39 is 6.04 Å². The molecule has 0 heterocycles. The standard InChI is InChI=1S/C16H18BrFN2O/c1-2-10-21-14-9-4-3-6-11(14)16(20-19)12-7-5-8-13(17)15(12)18/h3-9,16,20H,2,10,19H2,1H3. The molecule has 0 saturated heterocycles. The molecule has 2 aromatic carbocycles. The third-order valence-electron chi connectivity index (χ3n) is 3.15.